The van der Waals surface area contributed by atoms with Gasteiger partial charge < -0.3 is 15.5 Å². The number of aromatic nitrogens is 5. The van der Waals surface area contributed by atoms with Gasteiger partial charge >= 0.3 is 0 Å². The summed E-state index contributed by atoms with van der Waals surface area (Å²) in [7, 11) is 0. The molecule has 5 heterocycles. The Morgan fingerprint density at radius 3 is 2.67 bits per heavy atom. The highest BCUT2D eigenvalue weighted by Gasteiger charge is 2.40. The number of rotatable bonds is 6. The third kappa shape index (κ3) is 4.92. The summed E-state index contributed by atoms with van der Waals surface area (Å²) >= 11 is 1.59. The van der Waals surface area contributed by atoms with E-state index in [9.17, 15) is 10.1 Å². The first-order valence-electron chi connectivity index (χ1n) is 13.4. The third-order valence-electron chi connectivity index (χ3n) is 7.60. The van der Waals surface area contributed by atoms with Gasteiger partial charge in [0.05, 0.1) is 34.2 Å². The maximum absolute atomic E-state index is 11.8. The Labute approximate surface area is 231 Å². The van der Waals surface area contributed by atoms with Crippen molar-refractivity contribution in [1.82, 2.24) is 30.1 Å². The van der Waals surface area contributed by atoms with Crippen LogP contribution in [-0.2, 0) is 4.79 Å². The van der Waals surface area contributed by atoms with Crippen molar-refractivity contribution in [1.29, 1.82) is 5.26 Å². The second-order valence-corrected chi connectivity index (χ2v) is 11.8. The number of carbonyl (C=O) groups excluding carboxylic acids is 1. The van der Waals surface area contributed by atoms with Gasteiger partial charge in [0, 0.05) is 44.0 Å². The second kappa shape index (κ2) is 10.3. The summed E-state index contributed by atoms with van der Waals surface area (Å²) in [5.41, 5.74) is 4.82. The average Bonchev–Trinajstić information content (AvgIpc) is 3.55. The molecule has 2 unspecified atom stereocenters. The summed E-state index contributed by atoms with van der Waals surface area (Å²) in [5.74, 6) is 0.922. The van der Waals surface area contributed by atoms with Gasteiger partial charge in [-0.25, -0.2) is 4.52 Å². The minimum atomic E-state index is 0.0560. The van der Waals surface area contributed by atoms with Crippen molar-refractivity contribution < 1.29 is 4.79 Å². The molecule has 1 saturated carbocycles. The van der Waals surface area contributed by atoms with Crippen LogP contribution < -0.4 is 15.5 Å². The Morgan fingerprint density at radius 2 is 1.95 bits per heavy atom. The molecule has 2 atom stereocenters. The molecule has 2 N–H and O–H groups in total. The summed E-state index contributed by atoms with van der Waals surface area (Å²) in [5, 5.41) is 31.3. The predicted octanol–water partition coefficient (Wildman–Crippen LogP) is 4.35. The first-order valence-corrected chi connectivity index (χ1v) is 14.2. The summed E-state index contributed by atoms with van der Waals surface area (Å²) in [6.07, 6.45) is 6.88. The molecular weight excluding hydrogens is 510 g/mol. The average molecular weight is 542 g/mol. The summed E-state index contributed by atoms with van der Waals surface area (Å²) in [4.78, 5) is 18.9. The van der Waals surface area contributed by atoms with Gasteiger partial charge in [-0.2, -0.15) is 10.4 Å². The molecular formula is C28H31N9OS. The molecule has 0 radical (unpaired) electrons. The molecule has 1 amide bonds. The maximum atomic E-state index is 11.8. The Kier molecular flexibility index (Phi) is 6.64. The van der Waals surface area contributed by atoms with Crippen LogP contribution in [0.15, 0.2) is 36.7 Å². The molecule has 1 saturated heterocycles. The van der Waals surface area contributed by atoms with Gasteiger partial charge in [-0.3, -0.25) is 9.78 Å². The first kappa shape index (κ1) is 25.2. The summed E-state index contributed by atoms with van der Waals surface area (Å²) in [6, 6.07) is 10.3. The molecule has 4 aromatic heterocycles. The smallest absolute Gasteiger partial charge is 0.217 e. The van der Waals surface area contributed by atoms with E-state index in [1.165, 1.54) is 6.42 Å². The third-order valence-corrected chi connectivity index (χ3v) is 8.62. The van der Waals surface area contributed by atoms with Crippen molar-refractivity contribution in [2.45, 2.75) is 52.1 Å². The molecule has 1 aliphatic carbocycles. The largest absolute Gasteiger partial charge is 0.382 e. The predicted molar refractivity (Wildman–Crippen MR) is 151 cm³/mol. The lowest BCUT2D eigenvalue weighted by atomic mass is 9.73. The summed E-state index contributed by atoms with van der Waals surface area (Å²) < 4.78 is 1.80. The van der Waals surface area contributed by atoms with Crippen molar-refractivity contribution in [3.8, 4) is 28.0 Å². The molecule has 4 aromatic rings. The van der Waals surface area contributed by atoms with Crippen molar-refractivity contribution >= 4 is 33.6 Å². The molecule has 39 heavy (non-hydrogen) atoms. The number of fused-ring (bicyclic) bond motifs is 3. The molecule has 6 rings (SSSR count). The highest BCUT2D eigenvalue weighted by Crippen LogP contribution is 2.40. The fourth-order valence-electron chi connectivity index (χ4n) is 5.97. The number of hydrogen-bond acceptors (Lipinski definition) is 9. The molecule has 0 aromatic carbocycles. The van der Waals surface area contributed by atoms with E-state index < -0.39 is 0 Å². The van der Waals surface area contributed by atoms with E-state index in [2.05, 4.69) is 50.7 Å². The van der Waals surface area contributed by atoms with Crippen molar-refractivity contribution in [3.63, 3.8) is 0 Å². The van der Waals surface area contributed by atoms with Crippen LogP contribution in [0.2, 0.25) is 0 Å². The zero-order chi connectivity index (χ0) is 27.1. The Balaban J connectivity index is 1.29. The molecule has 0 spiro atoms. The normalized spacial score (nSPS) is 20.7. The molecule has 2 fully saturated rings. The Hall–Kier alpha value is -4.04. The van der Waals surface area contributed by atoms with Crippen LogP contribution in [0.25, 0.3) is 27.5 Å². The molecule has 2 bridgehead atoms. The number of nitrogens with one attached hydrogen (secondary N) is 2. The SMILES string of the molecule is CC(=O)NC1C2CCCC1CN(c1nnc(-c3cnc(-c4ccc5cc(C#N)cnn45)cc3NC(C)C)s1)C2. The minimum Gasteiger partial charge on any atom is -0.382 e. The van der Waals surface area contributed by atoms with Gasteiger partial charge in [0.25, 0.3) is 0 Å². The van der Waals surface area contributed by atoms with E-state index >= 15 is 0 Å². The van der Waals surface area contributed by atoms with E-state index in [4.69, 9.17) is 4.98 Å². The molecule has 11 heteroatoms. The van der Waals surface area contributed by atoms with Gasteiger partial charge in [0.15, 0.2) is 5.01 Å². The monoisotopic (exact) mass is 541 g/mol. The fraction of sp³-hybridized carbons (Fsp3) is 0.429. The number of nitrogens with zero attached hydrogens (tertiary/aromatic N) is 7. The van der Waals surface area contributed by atoms with Crippen molar-refractivity contribution in [2.24, 2.45) is 11.8 Å². The van der Waals surface area contributed by atoms with Crippen LogP contribution >= 0.6 is 11.3 Å². The lowest BCUT2D eigenvalue weighted by Gasteiger charge is -2.47. The maximum Gasteiger partial charge on any atom is 0.217 e. The van der Waals surface area contributed by atoms with Gasteiger partial charge in [0.2, 0.25) is 11.0 Å². The highest BCUT2D eigenvalue weighted by molar-refractivity contribution is 7.18. The number of carbonyl (C=O) groups is 1. The van der Waals surface area contributed by atoms with E-state index in [-0.39, 0.29) is 18.0 Å². The number of anilines is 2. The van der Waals surface area contributed by atoms with Crippen LogP contribution in [0.5, 0.6) is 0 Å². The van der Waals surface area contributed by atoms with Crippen LogP contribution in [0.1, 0.15) is 45.6 Å². The van der Waals surface area contributed by atoms with Crippen LogP contribution in [0, 0.1) is 23.2 Å². The van der Waals surface area contributed by atoms with E-state index in [1.807, 2.05) is 30.5 Å². The van der Waals surface area contributed by atoms with Gasteiger partial charge in [-0.05, 0) is 62.8 Å². The van der Waals surface area contributed by atoms with Crippen molar-refractivity contribution in [3.05, 3.63) is 42.2 Å². The van der Waals surface area contributed by atoms with Gasteiger partial charge in [-0.15, -0.1) is 10.2 Å². The standard InChI is InChI=1S/C28H31N9OS/c1-16(2)32-23-10-24(25-8-7-21-9-18(11-29)12-31-37(21)25)30-13-22(23)27-34-35-28(39-27)36-14-19-5-4-6-20(15-36)26(19)33-17(3)38/h7-10,12-13,16,19-20,26H,4-6,14-15H2,1-3H3,(H,30,32)(H,33,38). The second-order valence-electron chi connectivity index (χ2n) is 10.8. The summed E-state index contributed by atoms with van der Waals surface area (Å²) in [6.45, 7) is 7.58. The number of pyridine rings is 1. The minimum absolute atomic E-state index is 0.0560. The quantitative estimate of drug-likeness (QED) is 0.369. The molecule has 1 aliphatic heterocycles. The van der Waals surface area contributed by atoms with Gasteiger partial charge in [0.1, 0.15) is 6.07 Å². The number of nitriles is 1. The molecule has 10 nitrogen and oxygen atoms in total. The van der Waals surface area contributed by atoms with E-state index in [0.29, 0.717) is 17.4 Å². The van der Waals surface area contributed by atoms with Gasteiger partial charge in [-0.1, -0.05) is 17.8 Å². The molecule has 200 valence electrons. The van der Waals surface area contributed by atoms with E-state index in [0.717, 1.165) is 64.2 Å². The van der Waals surface area contributed by atoms with Crippen LogP contribution in [0.3, 0.4) is 0 Å². The number of amides is 1. The zero-order valence-corrected chi connectivity index (χ0v) is 23.1. The number of piperidine rings is 1. The van der Waals surface area contributed by atoms with E-state index in [1.54, 1.807) is 29.0 Å². The topological polar surface area (TPSA) is 124 Å². The molecule has 2 aliphatic rings. The Morgan fingerprint density at radius 1 is 1.15 bits per heavy atom. The fourth-order valence-corrected chi connectivity index (χ4v) is 6.85. The highest BCUT2D eigenvalue weighted by atomic mass is 32.1. The van der Waals surface area contributed by atoms with Crippen LogP contribution in [-0.4, -0.2) is 55.9 Å². The van der Waals surface area contributed by atoms with Crippen LogP contribution in [0.4, 0.5) is 10.8 Å². The Bertz CT molecular complexity index is 1550. The lowest BCUT2D eigenvalue weighted by Crippen LogP contribution is -2.58. The number of hydrogen-bond donors (Lipinski definition) is 2. The zero-order valence-electron chi connectivity index (χ0n) is 22.3. The first-order chi connectivity index (χ1) is 18.9. The van der Waals surface area contributed by atoms with Crippen molar-refractivity contribution in [2.75, 3.05) is 23.3 Å². The lowest BCUT2D eigenvalue weighted by molar-refractivity contribution is -0.120.